The lowest BCUT2D eigenvalue weighted by Crippen LogP contribution is -1.94. The summed E-state index contributed by atoms with van der Waals surface area (Å²) in [6.45, 7) is 2.81. The quantitative estimate of drug-likeness (QED) is 0.527. The van der Waals surface area contributed by atoms with E-state index in [1.807, 2.05) is 36.4 Å². The van der Waals surface area contributed by atoms with Crippen molar-refractivity contribution in [2.24, 2.45) is 0 Å². The van der Waals surface area contributed by atoms with Crippen LogP contribution in [0.2, 0.25) is 0 Å². The highest BCUT2D eigenvalue weighted by Gasteiger charge is 2.16. The van der Waals surface area contributed by atoms with Gasteiger partial charge in [-0.15, -0.1) is 0 Å². The van der Waals surface area contributed by atoms with E-state index in [4.69, 9.17) is 18.9 Å². The average molecular weight is 385 g/mol. The van der Waals surface area contributed by atoms with E-state index in [1.54, 1.807) is 21.3 Å². The minimum absolute atomic E-state index is 0.630. The maximum absolute atomic E-state index is 5.64. The number of ether oxygens (including phenoxy) is 4. The van der Waals surface area contributed by atoms with E-state index in [0.717, 1.165) is 40.5 Å². The Morgan fingerprint density at radius 2 is 1.52 bits per heavy atom. The molecule has 3 rings (SSSR count). The van der Waals surface area contributed by atoms with Crippen LogP contribution in [-0.4, -0.2) is 32.3 Å². The van der Waals surface area contributed by atoms with Crippen LogP contribution in [0.25, 0.3) is 21.7 Å². The molecular formula is C21H23NO4S. The number of hydrogen-bond donors (Lipinski definition) is 0. The van der Waals surface area contributed by atoms with Crippen LogP contribution in [0.4, 0.5) is 0 Å². The van der Waals surface area contributed by atoms with E-state index in [2.05, 4.69) is 17.4 Å². The average Bonchev–Trinajstić information content (AvgIpc) is 3.21. The van der Waals surface area contributed by atoms with Gasteiger partial charge in [-0.3, -0.25) is 0 Å². The molecule has 0 N–H and O–H groups in total. The molecule has 0 aliphatic carbocycles. The number of nitrogens with zero attached hydrogens (tertiary/aromatic N) is 1. The molecule has 0 amide bonds. The summed E-state index contributed by atoms with van der Waals surface area (Å²) in [5.74, 6) is 2.87. The Morgan fingerprint density at radius 1 is 0.852 bits per heavy atom. The van der Waals surface area contributed by atoms with Crippen molar-refractivity contribution in [1.29, 1.82) is 0 Å². The molecule has 0 radical (unpaired) electrons. The lowest BCUT2D eigenvalue weighted by molar-refractivity contribution is 0.317. The van der Waals surface area contributed by atoms with Crippen LogP contribution < -0.4 is 18.9 Å². The molecule has 0 fully saturated rings. The van der Waals surface area contributed by atoms with Crippen LogP contribution >= 0.6 is 11.5 Å². The van der Waals surface area contributed by atoms with E-state index < -0.39 is 0 Å². The van der Waals surface area contributed by atoms with Gasteiger partial charge in [0.05, 0.1) is 38.5 Å². The number of methoxy groups -OCH3 is 3. The molecule has 0 unspecified atom stereocenters. The summed E-state index contributed by atoms with van der Waals surface area (Å²) in [5.41, 5.74) is 2.87. The Morgan fingerprint density at radius 3 is 2.15 bits per heavy atom. The lowest BCUT2D eigenvalue weighted by atomic mass is 10.1. The normalized spacial score (nSPS) is 10.5. The largest absolute Gasteiger partial charge is 0.496 e. The second-order valence-electron chi connectivity index (χ2n) is 5.86. The van der Waals surface area contributed by atoms with Crippen molar-refractivity contribution in [3.63, 3.8) is 0 Å². The van der Waals surface area contributed by atoms with Crippen molar-refractivity contribution in [1.82, 2.24) is 4.37 Å². The SMILES string of the molecule is CCCOc1ccc(-c2cc(-c3cc(OC)c(OC)cc3OC)sn2)cc1. The predicted molar refractivity (Wildman–Crippen MR) is 108 cm³/mol. The van der Waals surface area contributed by atoms with Gasteiger partial charge in [0.2, 0.25) is 0 Å². The predicted octanol–water partition coefficient (Wildman–Crippen LogP) is 5.29. The van der Waals surface area contributed by atoms with Gasteiger partial charge in [0.15, 0.2) is 11.5 Å². The molecule has 0 saturated heterocycles. The maximum Gasteiger partial charge on any atom is 0.164 e. The zero-order chi connectivity index (χ0) is 19.2. The van der Waals surface area contributed by atoms with Gasteiger partial charge in [-0.1, -0.05) is 6.92 Å². The first-order chi connectivity index (χ1) is 13.2. The number of hydrogen-bond acceptors (Lipinski definition) is 6. The highest BCUT2D eigenvalue weighted by molar-refractivity contribution is 7.09. The van der Waals surface area contributed by atoms with Crippen molar-refractivity contribution in [2.75, 3.05) is 27.9 Å². The minimum Gasteiger partial charge on any atom is -0.496 e. The fourth-order valence-corrected chi connectivity index (χ4v) is 3.48. The molecule has 27 heavy (non-hydrogen) atoms. The molecule has 0 aliphatic rings. The topological polar surface area (TPSA) is 49.8 Å². The molecule has 0 spiro atoms. The molecule has 142 valence electrons. The molecule has 0 atom stereocenters. The standard InChI is InChI=1S/C21H23NO4S/c1-5-10-26-15-8-6-14(7-9-15)17-12-21(27-22-17)16-11-19(24-3)20(25-4)13-18(16)23-2/h6-9,11-13H,5,10H2,1-4H3. The van der Waals surface area contributed by atoms with Gasteiger partial charge in [-0.05, 0) is 54.4 Å². The maximum atomic E-state index is 5.64. The highest BCUT2D eigenvalue weighted by atomic mass is 32.1. The van der Waals surface area contributed by atoms with Gasteiger partial charge >= 0.3 is 0 Å². The van der Waals surface area contributed by atoms with Gasteiger partial charge in [-0.25, -0.2) is 0 Å². The third kappa shape index (κ3) is 4.17. The molecule has 3 aromatic rings. The first-order valence-corrected chi connectivity index (χ1v) is 9.47. The minimum atomic E-state index is 0.630. The Kier molecular flexibility index (Phi) is 6.19. The Bertz CT molecular complexity index is 890. The van der Waals surface area contributed by atoms with E-state index in [9.17, 15) is 0 Å². The fraction of sp³-hybridized carbons (Fsp3) is 0.286. The molecule has 0 saturated carbocycles. The van der Waals surface area contributed by atoms with Gasteiger partial charge in [0.25, 0.3) is 0 Å². The van der Waals surface area contributed by atoms with E-state index in [-0.39, 0.29) is 0 Å². The van der Waals surface area contributed by atoms with Crippen molar-refractivity contribution >= 4 is 11.5 Å². The van der Waals surface area contributed by atoms with Gasteiger partial charge in [-0.2, -0.15) is 4.37 Å². The van der Waals surface area contributed by atoms with Crippen molar-refractivity contribution < 1.29 is 18.9 Å². The van der Waals surface area contributed by atoms with Crippen LogP contribution in [0.5, 0.6) is 23.0 Å². The van der Waals surface area contributed by atoms with Crippen molar-refractivity contribution in [3.8, 4) is 44.7 Å². The number of benzene rings is 2. The van der Waals surface area contributed by atoms with Crippen LogP contribution in [0.15, 0.2) is 42.5 Å². The van der Waals surface area contributed by atoms with Gasteiger partial charge in [0.1, 0.15) is 11.5 Å². The second-order valence-corrected chi connectivity index (χ2v) is 6.66. The Hall–Kier alpha value is -2.73. The third-order valence-corrected chi connectivity index (χ3v) is 4.93. The molecule has 0 aliphatic heterocycles. The van der Waals surface area contributed by atoms with Crippen molar-refractivity contribution in [2.45, 2.75) is 13.3 Å². The van der Waals surface area contributed by atoms with Crippen LogP contribution in [-0.2, 0) is 0 Å². The summed E-state index contributed by atoms with van der Waals surface area (Å²) in [6, 6.07) is 13.8. The van der Waals surface area contributed by atoms with Crippen LogP contribution in [0, 0.1) is 0 Å². The molecular weight excluding hydrogens is 362 g/mol. The Labute approximate surface area is 163 Å². The lowest BCUT2D eigenvalue weighted by Gasteiger charge is -2.12. The molecule has 1 aromatic heterocycles. The number of aromatic nitrogens is 1. The third-order valence-electron chi connectivity index (χ3n) is 4.10. The van der Waals surface area contributed by atoms with E-state index in [1.165, 1.54) is 11.5 Å². The first-order valence-electron chi connectivity index (χ1n) is 8.70. The molecule has 6 heteroatoms. The fourth-order valence-electron chi connectivity index (χ4n) is 2.70. The number of rotatable bonds is 8. The summed E-state index contributed by atoms with van der Waals surface area (Å²) < 4.78 is 26.6. The molecule has 0 bridgehead atoms. The zero-order valence-corrected chi connectivity index (χ0v) is 16.8. The van der Waals surface area contributed by atoms with Crippen molar-refractivity contribution in [3.05, 3.63) is 42.5 Å². The summed E-state index contributed by atoms with van der Waals surface area (Å²) in [6.07, 6.45) is 0.990. The first kappa shape index (κ1) is 19.0. The summed E-state index contributed by atoms with van der Waals surface area (Å²) in [4.78, 5) is 0.995. The van der Waals surface area contributed by atoms with Crippen LogP contribution in [0.1, 0.15) is 13.3 Å². The molecule has 5 nitrogen and oxygen atoms in total. The van der Waals surface area contributed by atoms with E-state index in [0.29, 0.717) is 17.2 Å². The Balaban J connectivity index is 1.91. The summed E-state index contributed by atoms with van der Waals surface area (Å²) in [5, 5.41) is 0. The molecule has 1 heterocycles. The van der Waals surface area contributed by atoms with E-state index >= 15 is 0 Å². The molecule has 2 aromatic carbocycles. The second kappa shape index (κ2) is 8.77. The smallest absolute Gasteiger partial charge is 0.164 e. The summed E-state index contributed by atoms with van der Waals surface area (Å²) >= 11 is 1.42. The van der Waals surface area contributed by atoms with Gasteiger partial charge < -0.3 is 18.9 Å². The van der Waals surface area contributed by atoms with Gasteiger partial charge in [0, 0.05) is 17.2 Å². The van der Waals surface area contributed by atoms with Crippen LogP contribution in [0.3, 0.4) is 0 Å². The monoisotopic (exact) mass is 385 g/mol. The summed E-state index contributed by atoms with van der Waals surface area (Å²) in [7, 11) is 4.87. The highest BCUT2D eigenvalue weighted by Crippen LogP contribution is 2.42. The zero-order valence-electron chi connectivity index (χ0n) is 15.9.